The van der Waals surface area contributed by atoms with Gasteiger partial charge in [0.25, 0.3) is 5.91 Å². The number of amides is 1. The van der Waals surface area contributed by atoms with Crippen molar-refractivity contribution in [2.45, 2.75) is 0 Å². The van der Waals surface area contributed by atoms with Crippen molar-refractivity contribution in [2.75, 3.05) is 5.32 Å². The lowest BCUT2D eigenvalue weighted by Crippen LogP contribution is -2.12. The van der Waals surface area contributed by atoms with Crippen LogP contribution in [0.5, 0.6) is 0 Å². The van der Waals surface area contributed by atoms with Crippen molar-refractivity contribution in [3.63, 3.8) is 0 Å². The van der Waals surface area contributed by atoms with Crippen molar-refractivity contribution in [2.24, 2.45) is 0 Å². The van der Waals surface area contributed by atoms with Crippen molar-refractivity contribution in [1.29, 1.82) is 0 Å². The molecule has 1 N–H and O–H groups in total. The van der Waals surface area contributed by atoms with Crippen LogP contribution in [0.1, 0.15) is 10.4 Å². The first kappa shape index (κ1) is 12.3. The van der Waals surface area contributed by atoms with E-state index in [2.05, 4.69) is 10.3 Å². The highest BCUT2D eigenvalue weighted by atomic mass is 19.1. The van der Waals surface area contributed by atoms with E-state index in [0.29, 0.717) is 11.3 Å². The molecule has 0 unspecified atom stereocenters. The monoisotopic (exact) mass is 266 g/mol. The highest BCUT2D eigenvalue weighted by Crippen LogP contribution is 2.16. The molecular formula is C16H11FN2O. The van der Waals surface area contributed by atoms with E-state index in [-0.39, 0.29) is 5.91 Å². The van der Waals surface area contributed by atoms with E-state index in [1.54, 1.807) is 6.07 Å². The molecular weight excluding hydrogens is 255 g/mol. The van der Waals surface area contributed by atoms with Gasteiger partial charge in [-0.1, -0.05) is 30.3 Å². The Morgan fingerprint density at radius 3 is 2.55 bits per heavy atom. The Morgan fingerprint density at radius 1 is 1.00 bits per heavy atom. The average Bonchev–Trinajstić information content (AvgIpc) is 2.49. The topological polar surface area (TPSA) is 42.0 Å². The molecule has 0 spiro atoms. The summed E-state index contributed by atoms with van der Waals surface area (Å²) in [6, 6.07) is 16.0. The van der Waals surface area contributed by atoms with Crippen LogP contribution in [0, 0.1) is 5.95 Å². The van der Waals surface area contributed by atoms with E-state index in [4.69, 9.17) is 0 Å². The Bertz CT molecular complexity index is 769. The molecule has 0 saturated carbocycles. The number of benzene rings is 2. The lowest BCUT2D eigenvalue weighted by Gasteiger charge is -2.06. The van der Waals surface area contributed by atoms with E-state index in [1.807, 2.05) is 36.4 Å². The van der Waals surface area contributed by atoms with Gasteiger partial charge in [-0.2, -0.15) is 4.39 Å². The van der Waals surface area contributed by atoms with Crippen molar-refractivity contribution < 1.29 is 9.18 Å². The minimum Gasteiger partial charge on any atom is -0.321 e. The maximum absolute atomic E-state index is 12.7. The van der Waals surface area contributed by atoms with Crippen molar-refractivity contribution in [1.82, 2.24) is 4.98 Å². The Labute approximate surface area is 115 Å². The van der Waals surface area contributed by atoms with E-state index in [9.17, 15) is 9.18 Å². The van der Waals surface area contributed by atoms with Gasteiger partial charge in [0.15, 0.2) is 0 Å². The van der Waals surface area contributed by atoms with Gasteiger partial charge in [-0.05, 0) is 35.0 Å². The summed E-state index contributed by atoms with van der Waals surface area (Å²) in [6.07, 6.45) is 1.29. The average molecular weight is 266 g/mol. The number of carbonyl (C=O) groups excluding carboxylic acids is 1. The molecule has 1 amide bonds. The molecule has 3 rings (SSSR count). The summed E-state index contributed by atoms with van der Waals surface area (Å²) < 4.78 is 12.7. The fraction of sp³-hybridized carbons (Fsp3) is 0. The summed E-state index contributed by atoms with van der Waals surface area (Å²) in [5.74, 6) is -0.821. The molecule has 1 heterocycles. The maximum atomic E-state index is 12.7. The summed E-state index contributed by atoms with van der Waals surface area (Å²) in [6.45, 7) is 0. The lowest BCUT2D eigenvalue weighted by atomic mass is 10.1. The summed E-state index contributed by atoms with van der Waals surface area (Å²) in [5.41, 5.74) is 1.01. The smallest absolute Gasteiger partial charge is 0.255 e. The predicted molar refractivity (Wildman–Crippen MR) is 76.1 cm³/mol. The predicted octanol–water partition coefficient (Wildman–Crippen LogP) is 3.63. The molecule has 3 aromatic rings. The number of hydrogen-bond donors (Lipinski definition) is 1. The molecule has 20 heavy (non-hydrogen) atoms. The minimum atomic E-state index is -0.575. The quantitative estimate of drug-likeness (QED) is 0.720. The Kier molecular flexibility index (Phi) is 3.13. The molecule has 0 fully saturated rings. The van der Waals surface area contributed by atoms with E-state index in [0.717, 1.165) is 10.8 Å². The Balaban J connectivity index is 1.86. The van der Waals surface area contributed by atoms with Gasteiger partial charge in [-0.3, -0.25) is 4.79 Å². The van der Waals surface area contributed by atoms with Crippen LogP contribution < -0.4 is 5.32 Å². The van der Waals surface area contributed by atoms with Crippen molar-refractivity contribution >= 4 is 22.4 Å². The van der Waals surface area contributed by atoms with Gasteiger partial charge >= 0.3 is 0 Å². The van der Waals surface area contributed by atoms with Crippen molar-refractivity contribution in [3.8, 4) is 0 Å². The third kappa shape index (κ3) is 2.49. The van der Waals surface area contributed by atoms with Crippen molar-refractivity contribution in [3.05, 3.63) is 72.3 Å². The molecule has 2 aromatic carbocycles. The van der Waals surface area contributed by atoms with Crippen LogP contribution in [-0.4, -0.2) is 10.9 Å². The fourth-order valence-corrected chi connectivity index (χ4v) is 1.98. The van der Waals surface area contributed by atoms with Gasteiger partial charge < -0.3 is 5.32 Å². The van der Waals surface area contributed by atoms with Crippen LogP contribution in [-0.2, 0) is 0 Å². The number of fused-ring (bicyclic) bond motifs is 1. The zero-order valence-electron chi connectivity index (χ0n) is 10.5. The number of hydrogen-bond acceptors (Lipinski definition) is 2. The largest absolute Gasteiger partial charge is 0.321 e. The summed E-state index contributed by atoms with van der Waals surface area (Å²) in [5, 5.41) is 4.76. The molecule has 0 aliphatic carbocycles. The molecule has 3 nitrogen and oxygen atoms in total. The number of aromatic nitrogens is 1. The number of nitrogens with one attached hydrogen (secondary N) is 1. The van der Waals surface area contributed by atoms with Gasteiger partial charge in [0.1, 0.15) is 0 Å². The second-order valence-electron chi connectivity index (χ2n) is 4.39. The molecule has 0 radical (unpaired) electrons. The van der Waals surface area contributed by atoms with Crippen LogP contribution in [0.15, 0.2) is 60.8 Å². The molecule has 4 heteroatoms. The zero-order chi connectivity index (χ0) is 13.9. The number of nitrogens with zero attached hydrogens (tertiary/aromatic N) is 1. The Hall–Kier alpha value is -2.75. The Morgan fingerprint density at radius 2 is 1.80 bits per heavy atom. The summed E-state index contributed by atoms with van der Waals surface area (Å²) >= 11 is 0. The first-order chi connectivity index (χ1) is 9.72. The molecule has 0 bridgehead atoms. The number of carbonyl (C=O) groups is 1. The van der Waals surface area contributed by atoms with E-state index >= 15 is 0 Å². The highest BCUT2D eigenvalue weighted by molar-refractivity contribution is 6.06. The van der Waals surface area contributed by atoms with Gasteiger partial charge in [-0.25, -0.2) is 4.98 Å². The van der Waals surface area contributed by atoms with Gasteiger partial charge in [-0.15, -0.1) is 0 Å². The standard InChI is InChI=1S/C16H11FN2O/c17-15-8-7-14(10-18-15)19-16(20)13-6-5-11-3-1-2-4-12(11)9-13/h1-10H,(H,19,20). The van der Waals surface area contributed by atoms with Crippen LogP contribution in [0.3, 0.4) is 0 Å². The normalized spacial score (nSPS) is 10.4. The zero-order valence-corrected chi connectivity index (χ0v) is 10.5. The third-order valence-corrected chi connectivity index (χ3v) is 3.00. The number of halogens is 1. The molecule has 0 aliphatic heterocycles. The molecule has 0 atom stereocenters. The lowest BCUT2D eigenvalue weighted by molar-refractivity contribution is 0.102. The minimum absolute atomic E-state index is 0.246. The maximum Gasteiger partial charge on any atom is 0.255 e. The molecule has 0 aliphatic rings. The van der Waals surface area contributed by atoms with Crippen LogP contribution in [0.2, 0.25) is 0 Å². The second-order valence-corrected chi connectivity index (χ2v) is 4.39. The third-order valence-electron chi connectivity index (χ3n) is 3.00. The number of pyridine rings is 1. The van der Waals surface area contributed by atoms with E-state index < -0.39 is 5.95 Å². The molecule has 98 valence electrons. The fourth-order valence-electron chi connectivity index (χ4n) is 1.98. The summed E-state index contributed by atoms with van der Waals surface area (Å²) in [4.78, 5) is 15.6. The van der Waals surface area contributed by atoms with Crippen LogP contribution >= 0.6 is 0 Å². The van der Waals surface area contributed by atoms with Crippen LogP contribution in [0.25, 0.3) is 10.8 Å². The number of rotatable bonds is 2. The summed E-state index contributed by atoms with van der Waals surface area (Å²) in [7, 11) is 0. The first-order valence-corrected chi connectivity index (χ1v) is 6.14. The second kappa shape index (κ2) is 5.09. The van der Waals surface area contributed by atoms with Gasteiger partial charge in [0.2, 0.25) is 5.95 Å². The first-order valence-electron chi connectivity index (χ1n) is 6.14. The highest BCUT2D eigenvalue weighted by Gasteiger charge is 2.07. The van der Waals surface area contributed by atoms with Gasteiger partial charge in [0, 0.05) is 5.56 Å². The SMILES string of the molecule is O=C(Nc1ccc(F)nc1)c1ccc2ccccc2c1. The van der Waals surface area contributed by atoms with E-state index in [1.165, 1.54) is 18.3 Å². The number of anilines is 1. The van der Waals surface area contributed by atoms with Gasteiger partial charge in [0.05, 0.1) is 11.9 Å². The molecule has 1 aromatic heterocycles. The molecule has 0 saturated heterocycles. The van der Waals surface area contributed by atoms with Crippen LogP contribution in [0.4, 0.5) is 10.1 Å².